The zero-order valence-corrected chi connectivity index (χ0v) is 15.1. The molecule has 1 fully saturated rings. The van der Waals surface area contributed by atoms with E-state index in [1.54, 1.807) is 7.11 Å². The van der Waals surface area contributed by atoms with E-state index in [0.29, 0.717) is 19.1 Å². The summed E-state index contributed by atoms with van der Waals surface area (Å²) in [5.41, 5.74) is 10.4. The third-order valence-corrected chi connectivity index (χ3v) is 4.34. The zero-order chi connectivity index (χ0) is 18.2. The second kappa shape index (κ2) is 9.22. The van der Waals surface area contributed by atoms with Crippen molar-refractivity contribution in [1.82, 2.24) is 0 Å². The second-order valence-electron chi connectivity index (χ2n) is 6.14. The Bertz CT molecular complexity index is 742. The molecule has 0 atom stereocenters. The van der Waals surface area contributed by atoms with Gasteiger partial charge in [0.2, 0.25) is 0 Å². The predicted molar refractivity (Wildman–Crippen MR) is 106 cm³/mol. The standard InChI is InChI=1S/C20H26N4O2/c1-25-15-17-7-2-4-8-18(17)23-20(21)22-14-16-6-3-5-9-19(16)24-10-12-26-13-11-24/h2-9H,10-15H2,1H3,(H3,21,22,23). The minimum atomic E-state index is 0.394. The van der Waals surface area contributed by atoms with Gasteiger partial charge in [-0.1, -0.05) is 36.4 Å². The Labute approximate surface area is 154 Å². The highest BCUT2D eigenvalue weighted by Gasteiger charge is 2.14. The van der Waals surface area contributed by atoms with Gasteiger partial charge in [-0.2, -0.15) is 0 Å². The molecule has 138 valence electrons. The fourth-order valence-electron chi connectivity index (χ4n) is 3.03. The molecule has 26 heavy (non-hydrogen) atoms. The summed E-state index contributed by atoms with van der Waals surface area (Å²) in [6.45, 7) is 4.38. The first kappa shape index (κ1) is 18.2. The van der Waals surface area contributed by atoms with Crippen LogP contribution in [0.2, 0.25) is 0 Å². The van der Waals surface area contributed by atoms with Crippen molar-refractivity contribution in [2.75, 3.05) is 43.6 Å². The summed E-state index contributed by atoms with van der Waals surface area (Å²) in [6.07, 6.45) is 0. The molecule has 1 saturated heterocycles. The molecule has 0 aliphatic carbocycles. The summed E-state index contributed by atoms with van der Waals surface area (Å²) in [5, 5.41) is 3.18. The summed E-state index contributed by atoms with van der Waals surface area (Å²) in [5.74, 6) is 0.394. The number of morpholine rings is 1. The first-order valence-electron chi connectivity index (χ1n) is 8.82. The van der Waals surface area contributed by atoms with Crippen molar-refractivity contribution in [3.05, 3.63) is 59.7 Å². The van der Waals surface area contributed by atoms with Crippen molar-refractivity contribution in [1.29, 1.82) is 0 Å². The highest BCUT2D eigenvalue weighted by atomic mass is 16.5. The van der Waals surface area contributed by atoms with Gasteiger partial charge in [0.05, 0.1) is 26.4 Å². The molecule has 3 rings (SSSR count). The van der Waals surface area contributed by atoms with Crippen LogP contribution in [0.4, 0.5) is 11.4 Å². The number of anilines is 2. The summed E-state index contributed by atoms with van der Waals surface area (Å²) in [6, 6.07) is 16.2. The number of nitrogens with zero attached hydrogens (tertiary/aromatic N) is 2. The van der Waals surface area contributed by atoms with Gasteiger partial charge in [0.15, 0.2) is 5.96 Å². The van der Waals surface area contributed by atoms with Gasteiger partial charge >= 0.3 is 0 Å². The minimum absolute atomic E-state index is 0.394. The van der Waals surface area contributed by atoms with E-state index in [-0.39, 0.29) is 0 Å². The molecule has 0 saturated carbocycles. The molecule has 0 aromatic heterocycles. The largest absolute Gasteiger partial charge is 0.380 e. The molecule has 1 heterocycles. The van der Waals surface area contributed by atoms with Gasteiger partial charge in [-0.25, -0.2) is 4.99 Å². The lowest BCUT2D eigenvalue weighted by atomic mass is 10.1. The first-order valence-corrected chi connectivity index (χ1v) is 8.82. The number of ether oxygens (including phenoxy) is 2. The van der Waals surface area contributed by atoms with E-state index >= 15 is 0 Å². The average molecular weight is 354 g/mol. The second-order valence-corrected chi connectivity index (χ2v) is 6.14. The Morgan fingerprint density at radius 1 is 1.12 bits per heavy atom. The number of guanidine groups is 1. The van der Waals surface area contributed by atoms with E-state index in [0.717, 1.165) is 43.1 Å². The molecule has 0 amide bonds. The number of hydrogen-bond acceptors (Lipinski definition) is 4. The van der Waals surface area contributed by atoms with Crippen LogP contribution >= 0.6 is 0 Å². The quantitative estimate of drug-likeness (QED) is 0.616. The fourth-order valence-corrected chi connectivity index (χ4v) is 3.03. The van der Waals surface area contributed by atoms with Crippen molar-refractivity contribution in [2.24, 2.45) is 10.7 Å². The highest BCUT2D eigenvalue weighted by Crippen LogP contribution is 2.22. The van der Waals surface area contributed by atoms with Crippen LogP contribution in [0.5, 0.6) is 0 Å². The van der Waals surface area contributed by atoms with Crippen molar-refractivity contribution < 1.29 is 9.47 Å². The van der Waals surface area contributed by atoms with Gasteiger partial charge in [-0.3, -0.25) is 0 Å². The van der Waals surface area contributed by atoms with Crippen LogP contribution in [0, 0.1) is 0 Å². The summed E-state index contributed by atoms with van der Waals surface area (Å²) < 4.78 is 10.7. The molecule has 1 aliphatic rings. The van der Waals surface area contributed by atoms with Gasteiger partial charge in [-0.05, 0) is 17.7 Å². The Morgan fingerprint density at radius 3 is 2.58 bits per heavy atom. The van der Waals surface area contributed by atoms with E-state index in [4.69, 9.17) is 15.2 Å². The SMILES string of the molecule is COCc1ccccc1NC(N)=NCc1ccccc1N1CCOCC1. The number of benzene rings is 2. The Hall–Kier alpha value is -2.57. The maximum absolute atomic E-state index is 6.11. The minimum Gasteiger partial charge on any atom is -0.380 e. The number of nitrogens with one attached hydrogen (secondary N) is 1. The summed E-state index contributed by atoms with van der Waals surface area (Å²) in [7, 11) is 1.68. The smallest absolute Gasteiger partial charge is 0.193 e. The molecular formula is C20H26N4O2. The first-order chi connectivity index (χ1) is 12.8. The average Bonchev–Trinajstić information content (AvgIpc) is 2.69. The zero-order valence-electron chi connectivity index (χ0n) is 15.1. The molecule has 6 heteroatoms. The molecule has 0 radical (unpaired) electrons. The predicted octanol–water partition coefficient (Wildman–Crippen LogP) is 2.60. The van der Waals surface area contributed by atoms with Gasteiger partial charge in [-0.15, -0.1) is 0 Å². The van der Waals surface area contributed by atoms with E-state index in [2.05, 4.69) is 33.4 Å². The topological polar surface area (TPSA) is 72.1 Å². The number of nitrogens with two attached hydrogens (primary N) is 1. The molecule has 0 spiro atoms. The highest BCUT2D eigenvalue weighted by molar-refractivity contribution is 5.93. The Balaban J connectivity index is 1.70. The van der Waals surface area contributed by atoms with E-state index < -0.39 is 0 Å². The van der Waals surface area contributed by atoms with Crippen LogP contribution in [0.1, 0.15) is 11.1 Å². The van der Waals surface area contributed by atoms with Crippen molar-refractivity contribution >= 4 is 17.3 Å². The molecule has 0 unspecified atom stereocenters. The number of rotatable bonds is 6. The third-order valence-electron chi connectivity index (χ3n) is 4.34. The van der Waals surface area contributed by atoms with E-state index in [9.17, 15) is 0 Å². The van der Waals surface area contributed by atoms with Crippen molar-refractivity contribution in [3.8, 4) is 0 Å². The van der Waals surface area contributed by atoms with Gasteiger partial charge in [0.1, 0.15) is 0 Å². The Kier molecular flexibility index (Phi) is 6.46. The Morgan fingerprint density at radius 2 is 1.81 bits per heavy atom. The molecular weight excluding hydrogens is 328 g/mol. The van der Waals surface area contributed by atoms with Crippen LogP contribution in [0.25, 0.3) is 0 Å². The summed E-state index contributed by atoms with van der Waals surface area (Å²) >= 11 is 0. The van der Waals surface area contributed by atoms with Crippen LogP contribution in [0.3, 0.4) is 0 Å². The fraction of sp³-hybridized carbons (Fsp3) is 0.350. The van der Waals surface area contributed by atoms with Crippen molar-refractivity contribution in [3.63, 3.8) is 0 Å². The molecule has 1 aliphatic heterocycles. The lowest BCUT2D eigenvalue weighted by Gasteiger charge is -2.30. The lowest BCUT2D eigenvalue weighted by Crippen LogP contribution is -2.36. The maximum Gasteiger partial charge on any atom is 0.193 e. The normalized spacial score (nSPS) is 15.1. The van der Waals surface area contributed by atoms with Gasteiger partial charge in [0.25, 0.3) is 0 Å². The molecule has 2 aromatic carbocycles. The van der Waals surface area contributed by atoms with Crippen LogP contribution in [0.15, 0.2) is 53.5 Å². The lowest BCUT2D eigenvalue weighted by molar-refractivity contribution is 0.122. The maximum atomic E-state index is 6.11. The van der Waals surface area contributed by atoms with Gasteiger partial charge in [0, 0.05) is 37.1 Å². The molecule has 3 N–H and O–H groups in total. The van der Waals surface area contributed by atoms with Gasteiger partial charge < -0.3 is 25.4 Å². The number of para-hydroxylation sites is 2. The number of methoxy groups -OCH3 is 1. The van der Waals surface area contributed by atoms with E-state index in [1.807, 2.05) is 30.3 Å². The van der Waals surface area contributed by atoms with Crippen LogP contribution < -0.4 is 16.0 Å². The third kappa shape index (κ3) is 4.74. The van der Waals surface area contributed by atoms with E-state index in [1.165, 1.54) is 5.69 Å². The number of aliphatic imine (C=N–C) groups is 1. The monoisotopic (exact) mass is 354 g/mol. The summed E-state index contributed by atoms with van der Waals surface area (Å²) in [4.78, 5) is 6.87. The molecule has 2 aromatic rings. The molecule has 6 nitrogen and oxygen atoms in total. The molecule has 0 bridgehead atoms. The van der Waals surface area contributed by atoms with Crippen LogP contribution in [-0.4, -0.2) is 39.4 Å². The van der Waals surface area contributed by atoms with Crippen molar-refractivity contribution in [2.45, 2.75) is 13.2 Å². The number of hydrogen-bond donors (Lipinski definition) is 2. The van der Waals surface area contributed by atoms with Crippen LogP contribution in [-0.2, 0) is 22.6 Å².